The minimum absolute atomic E-state index is 0.124. The van der Waals surface area contributed by atoms with E-state index >= 15 is 0 Å². The molecular weight excluding hydrogens is 228 g/mol. The summed E-state index contributed by atoms with van der Waals surface area (Å²) in [7, 11) is 4.03. The van der Waals surface area contributed by atoms with Crippen molar-refractivity contribution in [1.29, 1.82) is 0 Å². The fourth-order valence-corrected chi connectivity index (χ4v) is 2.27. The molecule has 0 bridgehead atoms. The van der Waals surface area contributed by atoms with Gasteiger partial charge >= 0.3 is 0 Å². The maximum absolute atomic E-state index is 11.4. The van der Waals surface area contributed by atoms with Gasteiger partial charge in [-0.3, -0.25) is 5.09 Å². The maximum Gasteiger partial charge on any atom is 0.189 e. The number of nitrogens with one attached hydrogen (secondary N) is 1. The average molecular weight is 243 g/mol. The van der Waals surface area contributed by atoms with E-state index in [9.17, 15) is 4.79 Å². The second kappa shape index (κ2) is 5.44. The second-order valence-corrected chi connectivity index (χ2v) is 4.55. The number of hydrogen-bond acceptors (Lipinski definition) is 2. The molecule has 2 aromatic carbocycles. The molecule has 4 heteroatoms. The Hall–Kier alpha value is -1.18. The van der Waals surface area contributed by atoms with Crippen molar-refractivity contribution in [1.82, 2.24) is 5.09 Å². The molecule has 0 amide bonds. The molecule has 2 rings (SSSR count). The molecule has 1 N–H and O–H groups in total. The molecule has 2 nitrogen and oxygen atoms in total. The van der Waals surface area contributed by atoms with Crippen LogP contribution in [0, 0.1) is 0 Å². The molecule has 86 valence electrons. The monoisotopic (exact) mass is 243 g/mol. The fourth-order valence-electron chi connectivity index (χ4n) is 1.92. The molecule has 0 fully saturated rings. The molecule has 0 spiro atoms. The highest BCUT2D eigenvalue weighted by molar-refractivity contribution is 7.13. The molecule has 0 saturated carbocycles. The predicted molar refractivity (Wildman–Crippen MR) is 77.8 cm³/mol. The molecule has 0 aliphatic rings. The minimum atomic E-state index is -0.124. The third kappa shape index (κ3) is 2.93. The summed E-state index contributed by atoms with van der Waals surface area (Å²) >= 11 is 0. The van der Waals surface area contributed by atoms with E-state index < -0.39 is 0 Å². The average Bonchev–Trinajstić information content (AvgIpc) is 2.35. The fraction of sp³-hybridized carbons (Fsp3) is 0.154. The minimum Gasteiger partial charge on any atom is -0.310 e. The number of hydrogen-bond donors (Lipinski definition) is 1. The second-order valence-electron chi connectivity index (χ2n) is 4.22. The van der Waals surface area contributed by atoms with Crippen LogP contribution in [0.5, 0.6) is 0 Å². The summed E-state index contributed by atoms with van der Waals surface area (Å²) < 4.78 is 0. The van der Waals surface area contributed by atoms with Gasteiger partial charge in [0, 0.05) is 0 Å². The largest absolute Gasteiger partial charge is 0.310 e. The Morgan fingerprint density at radius 1 is 1.24 bits per heavy atom. The van der Waals surface area contributed by atoms with E-state index in [1.165, 1.54) is 16.3 Å². The van der Waals surface area contributed by atoms with E-state index in [4.69, 9.17) is 0 Å². The van der Waals surface area contributed by atoms with Crippen molar-refractivity contribution in [3.63, 3.8) is 0 Å². The Balaban J connectivity index is 2.27. The summed E-state index contributed by atoms with van der Waals surface area (Å²) in [6.07, 6.45) is 0.726. The van der Waals surface area contributed by atoms with Gasteiger partial charge in [-0.25, -0.2) is 0 Å². The smallest absolute Gasteiger partial charge is 0.189 e. The van der Waals surface area contributed by atoms with Gasteiger partial charge in [0.05, 0.1) is 6.04 Å². The first-order valence-corrected chi connectivity index (χ1v) is 6.22. The number of rotatable bonds is 4. The summed E-state index contributed by atoms with van der Waals surface area (Å²) in [5, 5.41) is 5.41. The van der Waals surface area contributed by atoms with E-state index in [1.807, 2.05) is 12.1 Å². The van der Waals surface area contributed by atoms with Gasteiger partial charge in [-0.2, -0.15) is 0 Å². The molecule has 0 heterocycles. The van der Waals surface area contributed by atoms with Gasteiger partial charge in [0.15, 0.2) is 7.85 Å². The zero-order chi connectivity index (χ0) is 12.3. The lowest BCUT2D eigenvalue weighted by molar-refractivity contribution is -0.113. The number of fused-ring (bicyclic) bond motifs is 1. The van der Waals surface area contributed by atoms with Crippen LogP contribution in [0.25, 0.3) is 10.8 Å². The number of carbonyl (C=O) groups excluding carboxylic acids is 1. The lowest BCUT2D eigenvalue weighted by Gasteiger charge is -2.13. The molecule has 0 aromatic heterocycles. The van der Waals surface area contributed by atoms with Crippen molar-refractivity contribution < 1.29 is 4.79 Å². The molecule has 0 aliphatic heterocycles. The van der Waals surface area contributed by atoms with Gasteiger partial charge in [0.2, 0.25) is 0 Å². The van der Waals surface area contributed by atoms with Crippen LogP contribution in [-0.2, 0) is 11.2 Å². The lowest BCUT2D eigenvalue weighted by atomic mass is 9.90. The standard InChI is InChI=1S/C13H15BNOP/c14-13(16)12(15-17)8-9-5-6-10-3-1-2-4-11(10)7-9/h1-7,12,15H,8,14,17H2/t12-/m0/s1. The summed E-state index contributed by atoms with van der Waals surface area (Å²) in [5.41, 5.74) is 1.34. The van der Waals surface area contributed by atoms with Crippen molar-refractivity contribution in [2.24, 2.45) is 0 Å². The zero-order valence-electron chi connectivity index (χ0n) is 9.81. The first-order chi connectivity index (χ1) is 8.20. The first kappa shape index (κ1) is 12.3. The molecule has 1 unspecified atom stereocenters. The van der Waals surface area contributed by atoms with Crippen LogP contribution in [0.2, 0.25) is 0 Å². The Labute approximate surface area is 104 Å². The quantitative estimate of drug-likeness (QED) is 0.647. The van der Waals surface area contributed by atoms with E-state index in [0.717, 1.165) is 6.42 Å². The highest BCUT2D eigenvalue weighted by Gasteiger charge is 2.11. The van der Waals surface area contributed by atoms with Crippen molar-refractivity contribution >= 4 is 33.7 Å². The Kier molecular flexibility index (Phi) is 3.93. The topological polar surface area (TPSA) is 29.1 Å². The summed E-state index contributed by atoms with van der Waals surface area (Å²) in [6.45, 7) is 0. The number of carbonyl (C=O) groups is 1. The molecule has 0 saturated heterocycles. The van der Waals surface area contributed by atoms with Crippen molar-refractivity contribution in [2.45, 2.75) is 12.5 Å². The van der Waals surface area contributed by atoms with Gasteiger partial charge in [-0.05, 0) is 22.8 Å². The first-order valence-electron chi connectivity index (χ1n) is 5.65. The molecule has 0 aliphatic carbocycles. The summed E-state index contributed by atoms with van der Waals surface area (Å²) in [5.74, 6) is 0. The van der Waals surface area contributed by atoms with Crippen LogP contribution in [0.3, 0.4) is 0 Å². The van der Waals surface area contributed by atoms with E-state index in [0.29, 0.717) is 0 Å². The van der Waals surface area contributed by atoms with Gasteiger partial charge in [-0.1, -0.05) is 51.9 Å². The van der Waals surface area contributed by atoms with Gasteiger partial charge in [-0.15, -0.1) is 0 Å². The van der Waals surface area contributed by atoms with Crippen LogP contribution >= 0.6 is 9.39 Å². The molecule has 2 aromatic rings. The van der Waals surface area contributed by atoms with Crippen molar-refractivity contribution in [3.05, 3.63) is 48.0 Å². The summed E-state index contributed by atoms with van der Waals surface area (Å²) in [4.78, 5) is 11.4. The van der Waals surface area contributed by atoms with E-state index in [-0.39, 0.29) is 11.7 Å². The highest BCUT2D eigenvalue weighted by atomic mass is 31.0. The Morgan fingerprint density at radius 2 is 1.94 bits per heavy atom. The van der Waals surface area contributed by atoms with E-state index in [2.05, 4.69) is 44.8 Å². The predicted octanol–water partition coefficient (Wildman–Crippen LogP) is 1.29. The molecular formula is C13H15BNOP. The zero-order valence-corrected chi connectivity index (χ0v) is 11.0. The maximum atomic E-state index is 11.4. The molecule has 0 radical (unpaired) electrons. The van der Waals surface area contributed by atoms with Crippen molar-refractivity contribution in [2.75, 3.05) is 0 Å². The SMILES string of the molecule is BC(=O)[C@H](Cc1ccc2ccccc2c1)NP. The Bertz CT molecular complexity index is 544. The summed E-state index contributed by atoms with van der Waals surface area (Å²) in [6, 6.07) is 14.5. The van der Waals surface area contributed by atoms with Gasteiger partial charge in [0.25, 0.3) is 0 Å². The third-order valence-corrected chi connectivity index (χ3v) is 3.35. The van der Waals surface area contributed by atoms with Crippen LogP contribution in [0.1, 0.15) is 5.56 Å². The Morgan fingerprint density at radius 3 is 2.59 bits per heavy atom. The van der Waals surface area contributed by atoms with Crippen LogP contribution in [0.4, 0.5) is 0 Å². The van der Waals surface area contributed by atoms with Crippen LogP contribution in [0.15, 0.2) is 42.5 Å². The molecule has 17 heavy (non-hydrogen) atoms. The molecule has 2 atom stereocenters. The lowest BCUT2D eigenvalue weighted by Crippen LogP contribution is -2.32. The van der Waals surface area contributed by atoms with Gasteiger partial charge in [0.1, 0.15) is 5.68 Å². The normalized spacial score (nSPS) is 12.5. The van der Waals surface area contributed by atoms with E-state index in [1.54, 1.807) is 7.85 Å². The van der Waals surface area contributed by atoms with Crippen LogP contribution < -0.4 is 5.09 Å². The number of benzene rings is 2. The highest BCUT2D eigenvalue weighted by Crippen LogP contribution is 2.16. The van der Waals surface area contributed by atoms with Gasteiger partial charge < -0.3 is 4.79 Å². The third-order valence-electron chi connectivity index (χ3n) is 2.95. The van der Waals surface area contributed by atoms with Crippen LogP contribution in [-0.4, -0.2) is 19.6 Å². The van der Waals surface area contributed by atoms with Crippen molar-refractivity contribution in [3.8, 4) is 0 Å².